The van der Waals surface area contributed by atoms with E-state index in [9.17, 15) is 0 Å². The van der Waals surface area contributed by atoms with Gasteiger partial charge in [0.15, 0.2) is 0 Å². The molecular formula is C15H25N3. The Morgan fingerprint density at radius 2 is 1.89 bits per heavy atom. The summed E-state index contributed by atoms with van der Waals surface area (Å²) in [6.07, 6.45) is 8.95. The molecule has 1 aliphatic rings. The number of nitrogens with zero attached hydrogens (tertiary/aromatic N) is 2. The summed E-state index contributed by atoms with van der Waals surface area (Å²) in [5.74, 6) is 1.80. The number of aromatic nitrogens is 2. The van der Waals surface area contributed by atoms with Crippen LogP contribution in [0.3, 0.4) is 0 Å². The van der Waals surface area contributed by atoms with Gasteiger partial charge in [0.2, 0.25) is 0 Å². The first-order chi connectivity index (χ1) is 8.76. The van der Waals surface area contributed by atoms with Crippen LogP contribution in [-0.2, 0) is 12.8 Å². The van der Waals surface area contributed by atoms with Crippen LogP contribution in [0.1, 0.15) is 57.7 Å². The summed E-state index contributed by atoms with van der Waals surface area (Å²) in [5.41, 5.74) is 2.62. The van der Waals surface area contributed by atoms with Crippen molar-refractivity contribution in [3.63, 3.8) is 0 Å². The summed E-state index contributed by atoms with van der Waals surface area (Å²) >= 11 is 0. The lowest BCUT2D eigenvalue weighted by atomic mass is 9.93. The van der Waals surface area contributed by atoms with Crippen molar-refractivity contribution < 1.29 is 0 Å². The molecule has 1 heterocycles. The number of rotatable bonds is 5. The fourth-order valence-corrected chi connectivity index (χ4v) is 2.97. The molecule has 0 aliphatic heterocycles. The van der Waals surface area contributed by atoms with Crippen molar-refractivity contribution in [1.82, 2.24) is 9.97 Å². The quantitative estimate of drug-likeness (QED) is 0.864. The first-order valence-corrected chi connectivity index (χ1v) is 7.35. The molecule has 0 aromatic carbocycles. The average Bonchev–Trinajstić information content (AvgIpc) is 2.40. The molecule has 100 valence electrons. The van der Waals surface area contributed by atoms with E-state index in [1.807, 2.05) is 0 Å². The number of hydrogen-bond donors (Lipinski definition) is 1. The minimum absolute atomic E-state index is 0.487. The Balaban J connectivity index is 2.14. The zero-order valence-corrected chi connectivity index (χ0v) is 11.9. The van der Waals surface area contributed by atoms with E-state index in [0.29, 0.717) is 6.04 Å². The van der Waals surface area contributed by atoms with Gasteiger partial charge >= 0.3 is 0 Å². The molecule has 1 aliphatic carbocycles. The second-order valence-electron chi connectivity index (χ2n) is 5.36. The van der Waals surface area contributed by atoms with E-state index in [0.717, 1.165) is 24.6 Å². The molecule has 1 unspecified atom stereocenters. The van der Waals surface area contributed by atoms with Gasteiger partial charge in [0.1, 0.15) is 12.1 Å². The van der Waals surface area contributed by atoms with E-state index in [1.54, 1.807) is 6.33 Å². The average molecular weight is 247 g/mol. The molecule has 1 aromatic heterocycles. The molecule has 0 spiro atoms. The normalized spacial score (nSPS) is 16.4. The summed E-state index contributed by atoms with van der Waals surface area (Å²) in [5, 5.41) is 3.62. The molecular weight excluding hydrogens is 222 g/mol. The van der Waals surface area contributed by atoms with Crippen LogP contribution in [0, 0.1) is 5.92 Å². The molecule has 3 nitrogen and oxygen atoms in total. The van der Waals surface area contributed by atoms with Crippen molar-refractivity contribution in [2.45, 2.75) is 65.3 Å². The van der Waals surface area contributed by atoms with Crippen LogP contribution < -0.4 is 5.32 Å². The summed E-state index contributed by atoms with van der Waals surface area (Å²) in [7, 11) is 0. The third-order valence-electron chi connectivity index (χ3n) is 4.25. The van der Waals surface area contributed by atoms with Gasteiger partial charge in [-0.1, -0.05) is 26.7 Å². The zero-order valence-electron chi connectivity index (χ0n) is 11.9. The van der Waals surface area contributed by atoms with Gasteiger partial charge in [-0.05, 0) is 38.5 Å². The summed E-state index contributed by atoms with van der Waals surface area (Å²) in [6.45, 7) is 6.80. The highest BCUT2D eigenvalue weighted by molar-refractivity contribution is 5.47. The monoisotopic (exact) mass is 247 g/mol. The number of fused-ring (bicyclic) bond motifs is 1. The second kappa shape index (κ2) is 6.17. The van der Waals surface area contributed by atoms with Gasteiger partial charge < -0.3 is 5.32 Å². The molecule has 1 N–H and O–H groups in total. The van der Waals surface area contributed by atoms with Gasteiger partial charge in [-0.2, -0.15) is 0 Å². The third-order valence-corrected chi connectivity index (χ3v) is 4.25. The molecule has 0 fully saturated rings. The number of hydrogen-bond acceptors (Lipinski definition) is 3. The van der Waals surface area contributed by atoms with Crippen LogP contribution >= 0.6 is 0 Å². The van der Waals surface area contributed by atoms with Crippen LogP contribution in [0.4, 0.5) is 5.82 Å². The highest BCUT2D eigenvalue weighted by atomic mass is 15.0. The standard InChI is InChI=1S/C15H25N3/c1-4-12(5-2)11(3)18-15-13-8-6-7-9-14(13)16-10-17-15/h10-12H,4-9H2,1-3H3,(H,16,17,18). The Hall–Kier alpha value is -1.12. The Kier molecular flexibility index (Phi) is 4.56. The van der Waals surface area contributed by atoms with E-state index < -0.39 is 0 Å². The van der Waals surface area contributed by atoms with Crippen LogP contribution in [0.15, 0.2) is 6.33 Å². The number of anilines is 1. The van der Waals surface area contributed by atoms with Gasteiger partial charge in [0.25, 0.3) is 0 Å². The van der Waals surface area contributed by atoms with E-state index in [2.05, 4.69) is 36.1 Å². The molecule has 2 rings (SSSR count). The maximum absolute atomic E-state index is 4.46. The molecule has 0 radical (unpaired) electrons. The summed E-state index contributed by atoms with van der Waals surface area (Å²) < 4.78 is 0. The van der Waals surface area contributed by atoms with Crippen molar-refractivity contribution in [2.75, 3.05) is 5.32 Å². The fraction of sp³-hybridized carbons (Fsp3) is 0.733. The maximum atomic E-state index is 4.46. The topological polar surface area (TPSA) is 37.8 Å². The fourth-order valence-electron chi connectivity index (χ4n) is 2.97. The minimum Gasteiger partial charge on any atom is -0.367 e. The van der Waals surface area contributed by atoms with Crippen LogP contribution in [0.5, 0.6) is 0 Å². The summed E-state index contributed by atoms with van der Waals surface area (Å²) in [4.78, 5) is 8.88. The Morgan fingerprint density at radius 3 is 2.61 bits per heavy atom. The Bertz CT molecular complexity index is 385. The molecule has 18 heavy (non-hydrogen) atoms. The van der Waals surface area contributed by atoms with Crippen LogP contribution in [-0.4, -0.2) is 16.0 Å². The van der Waals surface area contributed by atoms with E-state index in [4.69, 9.17) is 0 Å². The third kappa shape index (κ3) is 2.82. The van der Waals surface area contributed by atoms with Crippen molar-refractivity contribution in [3.8, 4) is 0 Å². The molecule has 0 bridgehead atoms. The molecule has 1 atom stereocenters. The van der Waals surface area contributed by atoms with Crippen molar-refractivity contribution in [3.05, 3.63) is 17.6 Å². The van der Waals surface area contributed by atoms with Crippen molar-refractivity contribution >= 4 is 5.82 Å². The molecule has 3 heteroatoms. The van der Waals surface area contributed by atoms with Gasteiger partial charge in [-0.3, -0.25) is 0 Å². The van der Waals surface area contributed by atoms with E-state index in [-0.39, 0.29) is 0 Å². The minimum atomic E-state index is 0.487. The molecule has 1 aromatic rings. The van der Waals surface area contributed by atoms with Crippen LogP contribution in [0.25, 0.3) is 0 Å². The SMILES string of the molecule is CCC(CC)C(C)Nc1ncnc2c1CCCC2. The second-order valence-corrected chi connectivity index (χ2v) is 5.36. The van der Waals surface area contributed by atoms with Crippen LogP contribution in [0.2, 0.25) is 0 Å². The van der Waals surface area contributed by atoms with E-state index >= 15 is 0 Å². The number of aryl methyl sites for hydroxylation is 1. The van der Waals surface area contributed by atoms with Gasteiger partial charge in [0.05, 0.1) is 0 Å². The Labute approximate surface area is 110 Å². The predicted octanol–water partition coefficient (Wildman–Crippen LogP) is 3.59. The smallest absolute Gasteiger partial charge is 0.133 e. The number of nitrogens with one attached hydrogen (secondary N) is 1. The van der Waals surface area contributed by atoms with Gasteiger partial charge in [-0.25, -0.2) is 9.97 Å². The highest BCUT2D eigenvalue weighted by Gasteiger charge is 2.19. The lowest BCUT2D eigenvalue weighted by Gasteiger charge is -2.25. The Morgan fingerprint density at radius 1 is 1.17 bits per heavy atom. The van der Waals surface area contributed by atoms with Gasteiger partial charge in [-0.15, -0.1) is 0 Å². The highest BCUT2D eigenvalue weighted by Crippen LogP contribution is 2.26. The predicted molar refractivity (Wildman–Crippen MR) is 75.8 cm³/mol. The first kappa shape index (κ1) is 13.3. The van der Waals surface area contributed by atoms with Crippen molar-refractivity contribution in [1.29, 1.82) is 0 Å². The molecule has 0 amide bonds. The van der Waals surface area contributed by atoms with Crippen molar-refractivity contribution in [2.24, 2.45) is 5.92 Å². The molecule has 0 saturated carbocycles. The lowest BCUT2D eigenvalue weighted by molar-refractivity contribution is 0.436. The summed E-state index contributed by atoms with van der Waals surface area (Å²) in [6, 6.07) is 0.487. The first-order valence-electron chi connectivity index (χ1n) is 7.35. The maximum Gasteiger partial charge on any atom is 0.133 e. The van der Waals surface area contributed by atoms with Gasteiger partial charge in [0, 0.05) is 17.3 Å². The zero-order chi connectivity index (χ0) is 13.0. The lowest BCUT2D eigenvalue weighted by Crippen LogP contribution is -2.27. The molecule has 0 saturated heterocycles. The largest absolute Gasteiger partial charge is 0.367 e. The van der Waals surface area contributed by atoms with E-state index in [1.165, 1.54) is 36.9 Å².